The van der Waals surface area contributed by atoms with Gasteiger partial charge in [0.25, 0.3) is 43.2 Å². The fraction of sp³-hybridized carbons (Fsp3) is 0.437. The van der Waals surface area contributed by atoms with Crippen molar-refractivity contribution in [3.05, 3.63) is 233 Å². The van der Waals surface area contributed by atoms with E-state index in [1.165, 1.54) is 70.4 Å². The van der Waals surface area contributed by atoms with E-state index in [0.29, 0.717) is 112 Å². The number of likely N-dealkylation sites (tertiary alicyclic amines) is 1. The Morgan fingerprint density at radius 3 is 1.38 bits per heavy atom. The number of carbonyl (C=O) groups excluding carboxylic acids is 4. The number of piperidine rings is 1. The van der Waals surface area contributed by atoms with E-state index >= 15 is 0 Å². The molecule has 0 spiro atoms. The number of piperazine rings is 2. The Labute approximate surface area is 802 Å². The standard InChI is InChI=1S/C52H59ClN6O8S.C51H58ClN7O8S/c1-52(2)19-17-38(45(30-52)35-11-13-39(53)14-12-35)32-57-21-23-58(24-22-57)40-15-16-43(49(27-40)67-41-26-37-18-20-54-50(37)55-31-41)51(61)56-68(64,65)42-28-46(59(62)63)44-25-34(33-66-48(44)29-42)7-6-10-47(60)36-8-4-3-5-9-36;1-51(2)17-15-37(44(30-51)35-9-11-38(52)12-10-35)32-56-21-23-57(24-22-56)39-13-14-42(47(27-39)67-40-26-36-16-18-53-49(36)54-31-40)50(61)55-68(64,65)41-28-45(59(62)63)43-25-34(33-66-46(43)29-41)7-6-8-48(60)58-19-4-3-5-20-58/h11-16,18,20,26-29,31,34,36H,3-10,17,19,21-25,30,32-33H2,1-2H3,(H,54,55)(H,56,61);9-14,16,18,26-29,31,34H,3-8,15,17,19-25,30,32-33H2,1-2H3,(H,53,54)(H,55,61)/t2*34-/m01/s1. The summed E-state index contributed by atoms with van der Waals surface area (Å²) in [6.45, 7) is 19.2. The minimum atomic E-state index is -4.66. The summed E-state index contributed by atoms with van der Waals surface area (Å²) in [5.41, 5.74) is 11.2. The summed E-state index contributed by atoms with van der Waals surface area (Å²) in [5, 5.41) is 27.8. The van der Waals surface area contributed by atoms with E-state index < -0.39 is 62.9 Å². The van der Waals surface area contributed by atoms with E-state index in [-0.39, 0.29) is 87.4 Å². The number of hydrogen-bond acceptors (Lipinski definition) is 22. The Bertz CT molecular complexity index is 6080. The first-order chi connectivity index (χ1) is 65.3. The predicted molar refractivity (Wildman–Crippen MR) is 525 cm³/mol. The number of hydrogen-bond donors (Lipinski definition) is 4. The van der Waals surface area contributed by atoms with E-state index in [1.807, 2.05) is 41.3 Å². The number of anilines is 2. The van der Waals surface area contributed by atoms with Crippen molar-refractivity contribution < 1.29 is 64.8 Å². The summed E-state index contributed by atoms with van der Waals surface area (Å²) in [4.78, 5) is 103. The van der Waals surface area contributed by atoms with Crippen LogP contribution in [0.4, 0.5) is 22.7 Å². The van der Waals surface area contributed by atoms with Gasteiger partial charge in [-0.05, 0) is 227 Å². The van der Waals surface area contributed by atoms with Crippen LogP contribution >= 0.6 is 23.2 Å². The lowest BCUT2D eigenvalue weighted by Gasteiger charge is -2.39. The molecule has 0 bridgehead atoms. The smallest absolute Gasteiger partial charge is 0.277 e. The van der Waals surface area contributed by atoms with Crippen LogP contribution in [0.2, 0.25) is 10.0 Å². The quantitative estimate of drug-likeness (QED) is 0.0250. The average Bonchev–Trinajstić information content (AvgIpc) is 0.839. The molecule has 18 rings (SSSR count). The molecule has 0 radical (unpaired) electrons. The second-order valence-corrected chi connectivity index (χ2v) is 43.4. The Balaban J connectivity index is 0.000000189. The van der Waals surface area contributed by atoms with Gasteiger partial charge < -0.3 is 43.6 Å². The summed E-state index contributed by atoms with van der Waals surface area (Å²) < 4.78 is 84.8. The molecule has 6 aromatic carbocycles. The van der Waals surface area contributed by atoms with Crippen molar-refractivity contribution in [1.82, 2.24) is 44.1 Å². The minimum Gasteiger partial charge on any atom is -0.493 e. The second-order valence-electron chi connectivity index (χ2n) is 39.1. The summed E-state index contributed by atoms with van der Waals surface area (Å²) in [6, 6.07) is 38.1. The van der Waals surface area contributed by atoms with Crippen LogP contribution in [0, 0.1) is 48.8 Å². The number of aromatic nitrogens is 4. The zero-order valence-electron chi connectivity index (χ0n) is 77.3. The van der Waals surface area contributed by atoms with Gasteiger partial charge in [-0.15, -0.1) is 0 Å². The highest BCUT2D eigenvalue weighted by molar-refractivity contribution is 7.90. The number of pyridine rings is 2. The molecule has 10 aromatic rings. The summed E-state index contributed by atoms with van der Waals surface area (Å²) >= 11 is 12.5. The Kier molecular flexibility index (Phi) is 29.4. The van der Waals surface area contributed by atoms with E-state index in [9.17, 15) is 56.2 Å². The van der Waals surface area contributed by atoms with E-state index in [4.69, 9.17) is 42.1 Å². The number of Topliss-reactive ketones (excluding diaryl/α,β-unsaturated/α-hetero) is 1. The zero-order valence-corrected chi connectivity index (χ0v) is 80.5. The molecule has 0 unspecified atom stereocenters. The van der Waals surface area contributed by atoms with Crippen LogP contribution in [0.3, 0.4) is 0 Å². The fourth-order valence-electron chi connectivity index (χ4n) is 20.5. The lowest BCUT2D eigenvalue weighted by atomic mass is 9.72. The van der Waals surface area contributed by atoms with Crippen LogP contribution in [0.25, 0.3) is 33.2 Å². The molecule has 5 aliphatic heterocycles. The molecule has 716 valence electrons. The first kappa shape index (κ1) is 96.0. The number of amides is 3. The summed E-state index contributed by atoms with van der Waals surface area (Å²) in [5.74, 6) is -0.483. The fourth-order valence-corrected chi connectivity index (χ4v) is 22.7. The molecule has 9 heterocycles. The van der Waals surface area contributed by atoms with Crippen molar-refractivity contribution in [1.29, 1.82) is 0 Å². The number of nitrogens with zero attached hydrogens (tertiary/aromatic N) is 9. The van der Waals surface area contributed by atoms with Gasteiger partial charge in [0.15, 0.2) is 0 Å². The number of ether oxygens (including phenoxy) is 4. The number of sulfonamides is 2. The van der Waals surface area contributed by atoms with Gasteiger partial charge in [0, 0.05) is 178 Å². The van der Waals surface area contributed by atoms with Crippen LogP contribution < -0.4 is 38.2 Å². The first-order valence-electron chi connectivity index (χ1n) is 47.6. The van der Waals surface area contributed by atoms with Crippen LogP contribution in [0.15, 0.2) is 179 Å². The average molecular weight is 1930 g/mol. The van der Waals surface area contributed by atoms with Gasteiger partial charge >= 0.3 is 0 Å². The molecule has 136 heavy (non-hydrogen) atoms. The number of ketones is 1. The number of H-pyrrole nitrogens is 2. The molecule has 3 saturated heterocycles. The number of nitro benzene ring substituents is 2. The van der Waals surface area contributed by atoms with Crippen molar-refractivity contribution in [3.8, 4) is 34.5 Å². The lowest BCUT2D eigenvalue weighted by Crippen LogP contribution is -2.47. The third-order valence-electron chi connectivity index (χ3n) is 28.2. The van der Waals surface area contributed by atoms with Gasteiger partial charge in [0.05, 0.1) is 67.5 Å². The number of nitro groups is 2. The van der Waals surface area contributed by atoms with Crippen LogP contribution in [0.5, 0.6) is 34.5 Å². The van der Waals surface area contributed by atoms with Crippen LogP contribution in [-0.4, -0.2) is 177 Å². The second kappa shape index (κ2) is 41.7. The van der Waals surface area contributed by atoms with Crippen molar-refractivity contribution in [2.45, 2.75) is 179 Å². The van der Waals surface area contributed by atoms with Crippen LogP contribution in [0.1, 0.15) is 199 Å². The van der Waals surface area contributed by atoms with E-state index in [1.54, 1.807) is 54.9 Å². The number of nitrogens with one attached hydrogen (secondary N) is 4. The number of aromatic amines is 2. The maximum absolute atomic E-state index is 14.1. The number of rotatable bonds is 29. The highest BCUT2D eigenvalue weighted by Gasteiger charge is 2.39. The van der Waals surface area contributed by atoms with Gasteiger partial charge in [0.2, 0.25) is 5.91 Å². The SMILES string of the molecule is CC1(C)CCC(CN2CCN(c3ccc(C(=O)NS(=O)(=O)c4cc5c(c([N+](=O)[O-])c4)C[C@@H](CCCC(=O)N4CCCCC4)CO5)c(Oc4cnc5[nH]ccc5c4)c3)CC2)=C(c2ccc(Cl)cc2)C1.CC1(C)CCC(CN2CCN(c3ccc(C(=O)NS(=O)(=O)c4cc5c(c([N+](=O)[O-])c4)C[C@H](CCCC(=O)C4CCCCC4)CO5)c(Oc4cnc5[nH]ccc5c4)c3)CC2)=C(c2ccc(Cl)cc2)C1. The minimum absolute atomic E-state index is 0.0551. The molecular weight excluding hydrogens is 1810 g/mol. The lowest BCUT2D eigenvalue weighted by molar-refractivity contribution is -0.386. The summed E-state index contributed by atoms with van der Waals surface area (Å²) in [6.07, 6.45) is 25.4. The molecule has 33 heteroatoms. The molecule has 1 saturated carbocycles. The molecular formula is C103H117Cl2N13O16S2. The highest BCUT2D eigenvalue weighted by atomic mass is 35.5. The number of carbonyl (C=O) groups is 4. The molecule has 4 aromatic heterocycles. The largest absolute Gasteiger partial charge is 0.493 e. The van der Waals surface area contributed by atoms with E-state index in [2.05, 4.69) is 101 Å². The predicted octanol–water partition coefficient (Wildman–Crippen LogP) is 20.2. The Hall–Kier alpha value is -11.7. The maximum Gasteiger partial charge on any atom is 0.277 e. The number of fused-ring (bicyclic) bond motifs is 4. The maximum atomic E-state index is 14.1. The third kappa shape index (κ3) is 23.2. The van der Waals surface area contributed by atoms with Crippen molar-refractivity contribution >= 4 is 123 Å². The van der Waals surface area contributed by atoms with Gasteiger partial charge in [-0.25, -0.2) is 36.2 Å². The molecule has 29 nitrogen and oxygen atoms in total. The number of benzene rings is 6. The van der Waals surface area contributed by atoms with E-state index in [0.717, 1.165) is 180 Å². The van der Waals surface area contributed by atoms with Gasteiger partial charge in [-0.2, -0.15) is 0 Å². The normalized spacial score (nSPS) is 18.9. The molecule has 8 aliphatic rings. The number of allylic oxidation sites excluding steroid dienone is 2. The number of halogens is 2. The first-order valence-corrected chi connectivity index (χ1v) is 51.3. The van der Waals surface area contributed by atoms with Gasteiger partial charge in [-0.3, -0.25) is 49.2 Å². The van der Waals surface area contributed by atoms with Crippen molar-refractivity contribution in [2.75, 3.05) is 102 Å². The molecule has 2 atom stereocenters. The Morgan fingerprint density at radius 1 is 0.522 bits per heavy atom. The molecule has 3 aliphatic carbocycles. The molecule has 3 amide bonds. The molecule has 4 N–H and O–H groups in total. The molecule has 4 fully saturated rings. The van der Waals surface area contributed by atoms with Crippen LogP contribution in [-0.2, 0) is 42.5 Å². The topological polar surface area (TPSA) is 357 Å². The summed E-state index contributed by atoms with van der Waals surface area (Å²) in [7, 11) is -9.31. The van der Waals surface area contributed by atoms with Gasteiger partial charge in [-0.1, -0.05) is 106 Å². The van der Waals surface area contributed by atoms with Gasteiger partial charge in [0.1, 0.15) is 51.6 Å². The highest BCUT2D eigenvalue weighted by Crippen LogP contribution is 2.48. The van der Waals surface area contributed by atoms with Crippen molar-refractivity contribution in [2.24, 2.45) is 28.6 Å². The van der Waals surface area contributed by atoms with Crippen molar-refractivity contribution in [3.63, 3.8) is 0 Å². The Morgan fingerprint density at radius 2 is 0.949 bits per heavy atom. The third-order valence-corrected chi connectivity index (χ3v) is 31.3. The monoisotopic (exact) mass is 1930 g/mol. The zero-order chi connectivity index (χ0) is 95.2.